The third-order valence-electron chi connectivity index (χ3n) is 30.5. The molecule has 6 aliphatic rings. The van der Waals surface area contributed by atoms with E-state index < -0.39 is 0 Å². The Balaban J connectivity index is 0.953. The summed E-state index contributed by atoms with van der Waals surface area (Å²) in [6, 6.07) is 102. The Labute approximate surface area is 754 Å². The molecule has 0 atom stereocenters. The number of hydrogen-bond donors (Lipinski definition) is 2. The van der Waals surface area contributed by atoms with Crippen molar-refractivity contribution in [2.45, 2.75) is 283 Å². The molecule has 4 saturated carbocycles. The van der Waals surface area contributed by atoms with Gasteiger partial charge in [0.25, 0.3) is 6.71 Å². The van der Waals surface area contributed by atoms with E-state index in [1.807, 2.05) is 0 Å². The smallest absolute Gasteiger partial charge is 0.252 e. The van der Waals surface area contributed by atoms with Crippen LogP contribution in [-0.2, 0) is 27.1 Å². The van der Waals surface area contributed by atoms with Gasteiger partial charge in [0.05, 0.1) is 16.7 Å². The molecule has 0 saturated heterocycles. The number of anilines is 4. The van der Waals surface area contributed by atoms with E-state index in [1.54, 1.807) is 0 Å². The molecule has 20 rings (SSSR count). The maximum atomic E-state index is 4.65. The lowest BCUT2D eigenvalue weighted by atomic mass is 9.33. The fraction of sp³-hybridized carbons (Fsp3) is 0.361. The van der Waals surface area contributed by atoms with Crippen LogP contribution in [0.15, 0.2) is 249 Å². The average molecular weight is 1650 g/mol. The molecule has 4 fully saturated rings. The van der Waals surface area contributed by atoms with Gasteiger partial charge in [-0.2, -0.15) is 0 Å². The standard InChI is InChI=1S/C122H132BN3/c1-118(2,3)93-58-59-112-104(74-93)103-52-28-29-57-111(103)126(112)98-75-109-115-110(76-98)125-117-106(114-101(87-50-32-46-83(62-87)79-40-24-18-25-41-79)55-35-56-102(114)88-51-33-47-84(63-88)80-42-26-19-27-43-80)69-92(90-66-96(121(10,11)12)73-97(67-90)122(13,14)15)71-108(117)123(115)107-70-91(89-64-94(119(4,5)6)72-95(65-89)120(7,8)9)68-105(116(107)124-109)113-99(85-48-30-44-81(60-85)77-36-20-16-21-37-77)53-34-54-100(113)86-49-31-45-82(61-86)78-38-22-17-23-39-78/h28-35,44-80,124-125H,16-27,36-43H2,1-15H3. The maximum absolute atomic E-state index is 4.65. The predicted molar refractivity (Wildman–Crippen MR) is 545 cm³/mol. The molecule has 0 bridgehead atoms. The van der Waals surface area contributed by atoms with Crippen molar-refractivity contribution in [2.24, 2.45) is 0 Å². The summed E-state index contributed by atoms with van der Waals surface area (Å²) in [6.07, 6.45) is 25.4. The Hall–Kier alpha value is -10.7. The monoisotopic (exact) mass is 1650 g/mol. The minimum Gasteiger partial charge on any atom is -0.356 e. The Kier molecular flexibility index (Phi) is 21.8. The summed E-state index contributed by atoms with van der Waals surface area (Å²) in [7, 11) is 0. The molecule has 4 aliphatic carbocycles. The van der Waals surface area contributed by atoms with E-state index in [2.05, 4.69) is 368 Å². The van der Waals surface area contributed by atoms with Gasteiger partial charge in [-0.25, -0.2) is 0 Å². The quantitative estimate of drug-likeness (QED) is 0.113. The zero-order valence-corrected chi connectivity index (χ0v) is 78.1. The third-order valence-corrected chi connectivity index (χ3v) is 30.5. The highest BCUT2D eigenvalue weighted by molar-refractivity contribution is 7.00. The number of rotatable bonds is 13. The van der Waals surface area contributed by atoms with Gasteiger partial charge in [-0.15, -0.1) is 0 Å². The molecular weight excluding hydrogens is 1520 g/mol. The minimum absolute atomic E-state index is 0.0512. The fourth-order valence-electron chi connectivity index (χ4n) is 23.1. The van der Waals surface area contributed by atoms with Gasteiger partial charge in [-0.1, -0.05) is 387 Å². The second-order valence-corrected chi connectivity index (χ2v) is 44.3. The topological polar surface area (TPSA) is 29.0 Å². The Morgan fingerprint density at radius 2 is 0.571 bits per heavy atom. The van der Waals surface area contributed by atoms with Gasteiger partial charge in [0.1, 0.15) is 0 Å². The van der Waals surface area contributed by atoms with Crippen LogP contribution in [0.5, 0.6) is 0 Å². The zero-order valence-electron chi connectivity index (χ0n) is 78.1. The number of nitrogens with zero attached hydrogens (tertiary/aromatic N) is 1. The highest BCUT2D eigenvalue weighted by Gasteiger charge is 2.43. The molecule has 0 amide bonds. The van der Waals surface area contributed by atoms with Gasteiger partial charge in [-0.3, -0.25) is 0 Å². The first-order chi connectivity index (χ1) is 60.6. The van der Waals surface area contributed by atoms with Gasteiger partial charge in [0.15, 0.2) is 0 Å². The van der Waals surface area contributed by atoms with Gasteiger partial charge in [0, 0.05) is 44.6 Å². The van der Waals surface area contributed by atoms with Crippen molar-refractivity contribution in [1.29, 1.82) is 0 Å². The van der Waals surface area contributed by atoms with E-state index in [1.165, 1.54) is 306 Å². The van der Waals surface area contributed by atoms with Gasteiger partial charge in [-0.05, 0) is 289 Å². The number of fused-ring (bicyclic) bond motifs is 7. The first-order valence-corrected chi connectivity index (χ1v) is 48.7. The van der Waals surface area contributed by atoms with Gasteiger partial charge >= 0.3 is 0 Å². The number of aromatic nitrogens is 1. The molecule has 14 aromatic rings. The number of para-hydroxylation sites is 1. The van der Waals surface area contributed by atoms with E-state index in [0.717, 1.165) is 28.4 Å². The van der Waals surface area contributed by atoms with Crippen molar-refractivity contribution in [1.82, 2.24) is 4.57 Å². The van der Waals surface area contributed by atoms with Crippen molar-refractivity contribution < 1.29 is 0 Å². The van der Waals surface area contributed by atoms with Crippen LogP contribution >= 0.6 is 0 Å². The maximum Gasteiger partial charge on any atom is 0.252 e. The second-order valence-electron chi connectivity index (χ2n) is 44.3. The molecule has 4 heteroatoms. The molecule has 3 nitrogen and oxygen atoms in total. The van der Waals surface area contributed by atoms with Gasteiger partial charge < -0.3 is 15.2 Å². The highest BCUT2D eigenvalue weighted by atomic mass is 15.0. The summed E-state index contributed by atoms with van der Waals surface area (Å²) >= 11 is 0. The first-order valence-electron chi connectivity index (χ1n) is 48.7. The molecule has 126 heavy (non-hydrogen) atoms. The van der Waals surface area contributed by atoms with Crippen LogP contribution in [0, 0.1) is 0 Å². The summed E-state index contributed by atoms with van der Waals surface area (Å²) in [5, 5.41) is 11.8. The summed E-state index contributed by atoms with van der Waals surface area (Å²) in [4.78, 5) is 0. The molecule has 0 radical (unpaired) electrons. The average Bonchev–Trinajstić information content (AvgIpc) is 0.889. The molecule has 2 aliphatic heterocycles. The van der Waals surface area contributed by atoms with Crippen LogP contribution in [-0.4, -0.2) is 11.3 Å². The fourth-order valence-corrected chi connectivity index (χ4v) is 23.1. The van der Waals surface area contributed by atoms with E-state index >= 15 is 0 Å². The van der Waals surface area contributed by atoms with Crippen molar-refractivity contribution in [3.63, 3.8) is 0 Å². The van der Waals surface area contributed by atoms with Crippen LogP contribution in [0.25, 0.3) is 117 Å². The van der Waals surface area contributed by atoms with E-state index in [9.17, 15) is 0 Å². The van der Waals surface area contributed by atoms with E-state index in [4.69, 9.17) is 0 Å². The molecule has 1 aromatic heterocycles. The summed E-state index contributed by atoms with van der Waals surface area (Å²) in [5.41, 5.74) is 44.0. The van der Waals surface area contributed by atoms with Crippen molar-refractivity contribution in [2.75, 3.05) is 10.6 Å². The minimum atomic E-state index is -0.304. The summed E-state index contributed by atoms with van der Waals surface area (Å²) in [5.74, 6) is 2.13. The highest BCUT2D eigenvalue weighted by Crippen LogP contribution is 2.54. The molecule has 3 heterocycles. The predicted octanol–water partition coefficient (Wildman–Crippen LogP) is 33.4. The van der Waals surface area contributed by atoms with Crippen LogP contribution in [0.2, 0.25) is 0 Å². The largest absolute Gasteiger partial charge is 0.356 e. The lowest BCUT2D eigenvalue weighted by Gasteiger charge is -2.38. The van der Waals surface area contributed by atoms with Crippen LogP contribution in [0.4, 0.5) is 22.7 Å². The van der Waals surface area contributed by atoms with Crippen molar-refractivity contribution in [3.8, 4) is 94.7 Å². The van der Waals surface area contributed by atoms with Crippen LogP contribution < -0.4 is 27.0 Å². The Morgan fingerprint density at radius 1 is 0.254 bits per heavy atom. The molecule has 638 valence electrons. The summed E-state index contributed by atoms with van der Waals surface area (Å²) in [6.45, 7) is 35.7. The Bertz CT molecular complexity index is 5980. The van der Waals surface area contributed by atoms with E-state index in [0.29, 0.717) is 23.7 Å². The third kappa shape index (κ3) is 16.0. The lowest BCUT2D eigenvalue weighted by molar-refractivity contribution is 0.443. The SMILES string of the molecule is CC(C)(C)c1cc(-c2cc3c(c(-c4c(-c5cccc(C6CCCCC6)c5)cccc4-c4cccc(C5CCCCC5)c4)c2)Nc2cc(-n4c5ccccc5c5cc(C(C)(C)C)ccc54)cc4c2B3c2cc(-c3cc(C(C)(C)C)cc(C(C)(C)C)c3)cc(-c3c(-c5cccc(C6CCCCC6)c5)cccc3-c3cccc(C5CCCCC5)c3)c2N4)cc(C(C)(C)C)c1. The van der Waals surface area contributed by atoms with E-state index in [-0.39, 0.29) is 33.8 Å². The van der Waals surface area contributed by atoms with Crippen molar-refractivity contribution >= 4 is 67.7 Å². The molecule has 0 spiro atoms. The molecule has 2 N–H and O–H groups in total. The second kappa shape index (κ2) is 32.9. The lowest BCUT2D eigenvalue weighted by Crippen LogP contribution is -2.59. The number of hydrogen-bond acceptors (Lipinski definition) is 2. The molecule has 13 aromatic carbocycles. The molecule has 0 unspecified atom stereocenters. The first kappa shape index (κ1) is 83.5. The normalized spacial score (nSPS) is 16.4. The van der Waals surface area contributed by atoms with Crippen molar-refractivity contribution in [3.05, 3.63) is 299 Å². The number of nitrogens with one attached hydrogen (secondary N) is 2. The summed E-state index contributed by atoms with van der Waals surface area (Å²) < 4.78 is 2.59. The molecular formula is C122H132BN3. The van der Waals surface area contributed by atoms with Crippen LogP contribution in [0.3, 0.4) is 0 Å². The number of benzene rings is 13. The van der Waals surface area contributed by atoms with Gasteiger partial charge in [0.2, 0.25) is 0 Å². The van der Waals surface area contributed by atoms with Crippen LogP contribution in [0.1, 0.15) is 306 Å². The zero-order chi connectivity index (χ0) is 86.9. The Morgan fingerprint density at radius 3 is 0.913 bits per heavy atom.